The molecule has 1 saturated heterocycles. The van der Waals surface area contributed by atoms with Crippen LogP contribution in [0.1, 0.15) is 19.3 Å². The smallest absolute Gasteiger partial charge is 0.172 e. The molecule has 2 rings (SSSR count). The van der Waals surface area contributed by atoms with Gasteiger partial charge >= 0.3 is 0 Å². The molecule has 1 unspecified atom stereocenters. The standard InChI is InChI=1S/C9H13ClN2O3S/c10-9-8(13)5-11-12(9)6-7-3-1-2-4-16(7,14)15/h5,7,13H,1-4,6H2. The summed E-state index contributed by atoms with van der Waals surface area (Å²) in [6, 6.07) is 0. The highest BCUT2D eigenvalue weighted by atomic mass is 35.5. The van der Waals surface area contributed by atoms with Gasteiger partial charge in [-0.1, -0.05) is 18.0 Å². The van der Waals surface area contributed by atoms with Crippen LogP contribution in [0.25, 0.3) is 0 Å². The first-order valence-electron chi connectivity index (χ1n) is 5.12. The monoisotopic (exact) mass is 264 g/mol. The topological polar surface area (TPSA) is 72.2 Å². The zero-order valence-electron chi connectivity index (χ0n) is 8.63. The molecule has 0 amide bonds. The Morgan fingerprint density at radius 1 is 1.56 bits per heavy atom. The maximum atomic E-state index is 11.8. The largest absolute Gasteiger partial charge is 0.504 e. The summed E-state index contributed by atoms with van der Waals surface area (Å²) >= 11 is 5.78. The van der Waals surface area contributed by atoms with Gasteiger partial charge in [0.1, 0.15) is 0 Å². The molecule has 7 heteroatoms. The zero-order chi connectivity index (χ0) is 11.8. The van der Waals surface area contributed by atoms with Crippen molar-refractivity contribution in [2.24, 2.45) is 0 Å². The molecule has 16 heavy (non-hydrogen) atoms. The van der Waals surface area contributed by atoms with Crippen LogP contribution in [0.5, 0.6) is 5.75 Å². The average molecular weight is 265 g/mol. The summed E-state index contributed by atoms with van der Waals surface area (Å²) in [6.45, 7) is 0.224. The number of rotatable bonds is 2. The van der Waals surface area contributed by atoms with Crippen LogP contribution in [0.2, 0.25) is 5.15 Å². The van der Waals surface area contributed by atoms with Crippen molar-refractivity contribution in [1.82, 2.24) is 9.78 Å². The minimum absolute atomic E-state index is 0.0979. The Hall–Kier alpha value is -0.750. The van der Waals surface area contributed by atoms with Gasteiger partial charge in [-0.2, -0.15) is 5.10 Å². The molecular weight excluding hydrogens is 252 g/mol. The third-order valence-electron chi connectivity index (χ3n) is 2.85. The molecule has 1 N–H and O–H groups in total. The summed E-state index contributed by atoms with van der Waals surface area (Å²) in [7, 11) is -3.03. The third-order valence-corrected chi connectivity index (χ3v) is 5.49. The molecule has 1 aliphatic rings. The van der Waals surface area contributed by atoms with Crippen LogP contribution in [0.15, 0.2) is 6.20 Å². The molecule has 0 spiro atoms. The molecule has 90 valence electrons. The van der Waals surface area contributed by atoms with Gasteiger partial charge < -0.3 is 5.11 Å². The van der Waals surface area contributed by atoms with Gasteiger partial charge in [0.15, 0.2) is 20.7 Å². The van der Waals surface area contributed by atoms with Gasteiger partial charge in [-0.25, -0.2) is 13.1 Å². The molecule has 1 fully saturated rings. The van der Waals surface area contributed by atoms with Crippen molar-refractivity contribution in [3.8, 4) is 5.75 Å². The van der Waals surface area contributed by atoms with Crippen LogP contribution in [0.4, 0.5) is 0 Å². The molecule has 5 nitrogen and oxygen atoms in total. The van der Waals surface area contributed by atoms with Crippen LogP contribution >= 0.6 is 11.6 Å². The molecule has 1 aliphatic heterocycles. The fourth-order valence-corrected chi connectivity index (χ4v) is 3.90. The molecule has 0 radical (unpaired) electrons. The second-order valence-corrected chi connectivity index (χ2v) is 6.75. The molecule has 0 aromatic carbocycles. The van der Waals surface area contributed by atoms with E-state index in [1.807, 2.05) is 0 Å². The van der Waals surface area contributed by atoms with E-state index in [1.165, 1.54) is 10.9 Å². The van der Waals surface area contributed by atoms with Crippen molar-refractivity contribution in [3.05, 3.63) is 11.3 Å². The van der Waals surface area contributed by atoms with E-state index in [2.05, 4.69) is 5.10 Å². The van der Waals surface area contributed by atoms with Crippen molar-refractivity contribution in [2.45, 2.75) is 31.1 Å². The Bertz CT molecular complexity index is 483. The molecule has 1 aromatic heterocycles. The van der Waals surface area contributed by atoms with Gasteiger partial charge in [-0.15, -0.1) is 0 Å². The van der Waals surface area contributed by atoms with E-state index in [-0.39, 0.29) is 23.2 Å². The molecule has 0 saturated carbocycles. The normalized spacial score (nSPS) is 24.4. The van der Waals surface area contributed by atoms with Gasteiger partial charge in [-0.05, 0) is 12.8 Å². The van der Waals surface area contributed by atoms with Crippen LogP contribution < -0.4 is 0 Å². The second kappa shape index (κ2) is 4.25. The minimum Gasteiger partial charge on any atom is -0.504 e. The summed E-state index contributed by atoms with van der Waals surface area (Å²) in [5.41, 5.74) is 0. The van der Waals surface area contributed by atoms with E-state index in [9.17, 15) is 13.5 Å². The molecule has 2 heterocycles. The first-order valence-corrected chi connectivity index (χ1v) is 7.22. The lowest BCUT2D eigenvalue weighted by Gasteiger charge is -2.22. The van der Waals surface area contributed by atoms with Crippen LogP contribution in [0, 0.1) is 0 Å². The summed E-state index contributed by atoms with van der Waals surface area (Å²) in [5.74, 6) is 0.123. The SMILES string of the molecule is O=S1(=O)CCCCC1Cn1ncc(O)c1Cl. The van der Waals surface area contributed by atoms with Gasteiger partial charge in [0.25, 0.3) is 0 Å². The Balaban J connectivity index is 2.18. The summed E-state index contributed by atoms with van der Waals surface area (Å²) in [6.07, 6.45) is 3.50. The van der Waals surface area contributed by atoms with E-state index in [1.54, 1.807) is 0 Å². The number of hydrogen-bond donors (Lipinski definition) is 1. The number of hydrogen-bond acceptors (Lipinski definition) is 4. The van der Waals surface area contributed by atoms with Gasteiger partial charge in [0.2, 0.25) is 0 Å². The first kappa shape index (κ1) is 11.7. The number of aromatic nitrogens is 2. The highest BCUT2D eigenvalue weighted by Gasteiger charge is 2.29. The van der Waals surface area contributed by atoms with Crippen molar-refractivity contribution < 1.29 is 13.5 Å². The van der Waals surface area contributed by atoms with Gasteiger partial charge in [-0.3, -0.25) is 0 Å². The Morgan fingerprint density at radius 3 is 2.88 bits per heavy atom. The van der Waals surface area contributed by atoms with E-state index >= 15 is 0 Å². The quantitative estimate of drug-likeness (QED) is 0.872. The Morgan fingerprint density at radius 2 is 2.31 bits per heavy atom. The molecular formula is C9H13ClN2O3S. The lowest BCUT2D eigenvalue weighted by atomic mass is 10.2. The number of nitrogens with zero attached hydrogens (tertiary/aromatic N) is 2. The third kappa shape index (κ3) is 2.17. The van der Waals surface area contributed by atoms with Crippen molar-refractivity contribution in [2.75, 3.05) is 5.75 Å². The van der Waals surface area contributed by atoms with Crippen LogP contribution in [-0.4, -0.2) is 34.3 Å². The summed E-state index contributed by atoms with van der Waals surface area (Å²) in [5, 5.41) is 12.7. The maximum Gasteiger partial charge on any atom is 0.172 e. The highest BCUT2D eigenvalue weighted by Crippen LogP contribution is 2.25. The van der Waals surface area contributed by atoms with Gasteiger partial charge in [0.05, 0.1) is 23.7 Å². The zero-order valence-corrected chi connectivity index (χ0v) is 10.2. The minimum atomic E-state index is -3.03. The second-order valence-electron chi connectivity index (χ2n) is 3.99. The number of sulfone groups is 1. The lowest BCUT2D eigenvalue weighted by molar-refractivity contribution is 0.468. The molecule has 1 aromatic rings. The number of halogens is 1. The van der Waals surface area contributed by atoms with Crippen LogP contribution in [-0.2, 0) is 16.4 Å². The Labute approximate surface area is 98.9 Å². The Kier molecular flexibility index (Phi) is 3.12. The van der Waals surface area contributed by atoms with E-state index in [0.717, 1.165) is 12.8 Å². The maximum absolute atomic E-state index is 11.8. The summed E-state index contributed by atoms with van der Waals surface area (Å²) < 4.78 is 24.9. The van der Waals surface area contributed by atoms with Crippen molar-refractivity contribution in [3.63, 3.8) is 0 Å². The van der Waals surface area contributed by atoms with Gasteiger partial charge in [0, 0.05) is 0 Å². The first-order chi connectivity index (χ1) is 7.50. The van der Waals surface area contributed by atoms with Crippen molar-refractivity contribution >= 4 is 21.4 Å². The number of aromatic hydroxyl groups is 1. The highest BCUT2D eigenvalue weighted by molar-refractivity contribution is 7.92. The van der Waals surface area contributed by atoms with Crippen LogP contribution in [0.3, 0.4) is 0 Å². The molecule has 1 atom stereocenters. The van der Waals surface area contributed by atoms with E-state index < -0.39 is 15.1 Å². The molecule has 0 aliphatic carbocycles. The van der Waals surface area contributed by atoms with E-state index in [4.69, 9.17) is 11.6 Å². The fourth-order valence-electron chi connectivity index (χ4n) is 1.91. The predicted molar refractivity (Wildman–Crippen MR) is 60.3 cm³/mol. The lowest BCUT2D eigenvalue weighted by Crippen LogP contribution is -2.32. The summed E-state index contributed by atoms with van der Waals surface area (Å²) in [4.78, 5) is 0. The average Bonchev–Trinajstić information content (AvgIpc) is 2.53. The van der Waals surface area contributed by atoms with E-state index in [0.29, 0.717) is 6.42 Å². The predicted octanol–water partition coefficient (Wildman–Crippen LogP) is 1.21. The van der Waals surface area contributed by atoms with Crippen molar-refractivity contribution in [1.29, 1.82) is 0 Å². The molecule has 0 bridgehead atoms. The fraction of sp³-hybridized carbons (Fsp3) is 0.667.